The molecule has 3 rings (SSSR count). The van der Waals surface area contributed by atoms with Crippen molar-refractivity contribution >= 4 is 22.6 Å². The molecule has 1 aliphatic heterocycles. The van der Waals surface area contributed by atoms with E-state index in [9.17, 15) is 4.39 Å². The summed E-state index contributed by atoms with van der Waals surface area (Å²) in [5.74, 6) is 0.957. The predicted molar refractivity (Wildman–Crippen MR) is 77.7 cm³/mol. The molecule has 1 aromatic rings. The molecule has 1 saturated carbocycles. The Morgan fingerprint density at radius 2 is 2.16 bits per heavy atom. The van der Waals surface area contributed by atoms with Crippen LogP contribution in [0.5, 0.6) is 5.75 Å². The van der Waals surface area contributed by atoms with Gasteiger partial charge in [-0.2, -0.15) is 0 Å². The van der Waals surface area contributed by atoms with E-state index in [0.717, 1.165) is 16.6 Å². The topological polar surface area (TPSA) is 33.6 Å². The minimum atomic E-state index is -0.355. The van der Waals surface area contributed by atoms with E-state index in [1.165, 1.54) is 38.9 Å². The van der Waals surface area contributed by atoms with Gasteiger partial charge in [-0.25, -0.2) is 4.39 Å². The summed E-state index contributed by atoms with van der Waals surface area (Å²) in [6, 6.07) is 4.88. The number of amidine groups is 1. The number of methoxy groups -OCH3 is 1. The van der Waals surface area contributed by atoms with Gasteiger partial charge in [-0.3, -0.25) is 4.99 Å². The van der Waals surface area contributed by atoms with Crippen LogP contribution in [0.3, 0.4) is 0 Å². The summed E-state index contributed by atoms with van der Waals surface area (Å²) >= 11 is 1.73. The lowest BCUT2D eigenvalue weighted by molar-refractivity contribution is 0.387. The monoisotopic (exact) mass is 280 g/mol. The Kier molecular flexibility index (Phi) is 3.39. The molecule has 102 valence electrons. The van der Waals surface area contributed by atoms with E-state index in [1.807, 2.05) is 6.07 Å². The molecule has 0 amide bonds. The second kappa shape index (κ2) is 5.04. The quantitative estimate of drug-likeness (QED) is 0.897. The Morgan fingerprint density at radius 1 is 1.37 bits per heavy atom. The van der Waals surface area contributed by atoms with Crippen molar-refractivity contribution in [1.29, 1.82) is 0 Å². The highest BCUT2D eigenvalue weighted by molar-refractivity contribution is 8.14. The maximum absolute atomic E-state index is 13.6. The molecular weight excluding hydrogens is 263 g/mol. The van der Waals surface area contributed by atoms with Crippen LogP contribution in [0.2, 0.25) is 0 Å². The van der Waals surface area contributed by atoms with E-state index in [-0.39, 0.29) is 17.1 Å². The lowest BCUT2D eigenvalue weighted by Crippen LogP contribution is -2.21. The van der Waals surface area contributed by atoms with Crippen LogP contribution in [0, 0.1) is 5.82 Å². The summed E-state index contributed by atoms with van der Waals surface area (Å²) in [7, 11) is 1.46. The summed E-state index contributed by atoms with van der Waals surface area (Å²) in [5.41, 5.74) is 0.873. The number of rotatable bonds is 2. The van der Waals surface area contributed by atoms with Gasteiger partial charge in [-0.1, -0.05) is 24.6 Å². The molecule has 1 N–H and O–H groups in total. The summed E-state index contributed by atoms with van der Waals surface area (Å²) in [5, 5.41) is 4.11. The summed E-state index contributed by atoms with van der Waals surface area (Å²) in [4.78, 5) is 4.80. The molecule has 1 fully saturated rings. The number of ether oxygens (including phenoxy) is 1. The number of nitrogens with zero attached hydrogens (tertiary/aromatic N) is 1. The highest BCUT2D eigenvalue weighted by Crippen LogP contribution is 2.41. The van der Waals surface area contributed by atoms with Gasteiger partial charge < -0.3 is 10.1 Å². The fraction of sp³-hybridized carbons (Fsp3) is 0.500. The molecule has 1 spiro atoms. The number of nitrogens with one attached hydrogen (secondary N) is 1. The summed E-state index contributed by atoms with van der Waals surface area (Å²) < 4.78 is 18.5. The van der Waals surface area contributed by atoms with Gasteiger partial charge >= 0.3 is 0 Å². The van der Waals surface area contributed by atoms with Crippen LogP contribution in [-0.4, -0.2) is 23.6 Å². The van der Waals surface area contributed by atoms with E-state index in [1.54, 1.807) is 17.8 Å². The van der Waals surface area contributed by atoms with Crippen molar-refractivity contribution in [3.63, 3.8) is 0 Å². The number of thioether (sulfide) groups is 1. The molecule has 0 atom stereocenters. The molecule has 3 nitrogen and oxygen atoms in total. The maximum Gasteiger partial charge on any atom is 0.167 e. The largest absolute Gasteiger partial charge is 0.494 e. The van der Waals surface area contributed by atoms with E-state index in [4.69, 9.17) is 9.73 Å². The van der Waals surface area contributed by atoms with Crippen LogP contribution >= 0.6 is 11.8 Å². The van der Waals surface area contributed by atoms with Crippen molar-refractivity contribution < 1.29 is 9.13 Å². The zero-order valence-electron chi connectivity index (χ0n) is 10.9. The van der Waals surface area contributed by atoms with Gasteiger partial charge in [0.15, 0.2) is 16.7 Å². The zero-order chi connectivity index (χ0) is 13.3. The molecule has 1 heterocycles. The zero-order valence-corrected chi connectivity index (χ0v) is 11.7. The van der Waals surface area contributed by atoms with Gasteiger partial charge in [-0.15, -0.1) is 0 Å². The average Bonchev–Trinajstić information content (AvgIpc) is 3.01. The molecule has 0 saturated heterocycles. The molecule has 2 aliphatic rings. The first-order chi connectivity index (χ1) is 9.21. The third-order valence-electron chi connectivity index (χ3n) is 3.75. The SMILES string of the molecule is COc1ccc(NC2=NC3(CCCC3)CS2)cc1F. The van der Waals surface area contributed by atoms with Crippen LogP contribution in [0.15, 0.2) is 23.2 Å². The van der Waals surface area contributed by atoms with Crippen molar-refractivity contribution in [1.82, 2.24) is 0 Å². The second-order valence-corrected chi connectivity index (χ2v) is 6.08. The Morgan fingerprint density at radius 3 is 2.84 bits per heavy atom. The van der Waals surface area contributed by atoms with Gasteiger partial charge in [0.1, 0.15) is 0 Å². The average molecular weight is 280 g/mol. The first-order valence-electron chi connectivity index (χ1n) is 6.54. The number of benzene rings is 1. The van der Waals surface area contributed by atoms with Crippen LogP contribution in [-0.2, 0) is 0 Å². The summed E-state index contributed by atoms with van der Waals surface area (Å²) in [6.45, 7) is 0. The number of aliphatic imine (C=N–C) groups is 1. The Balaban J connectivity index is 1.73. The van der Waals surface area contributed by atoms with E-state index in [0.29, 0.717) is 0 Å². The number of halogens is 1. The van der Waals surface area contributed by atoms with E-state index >= 15 is 0 Å². The minimum absolute atomic E-state index is 0.151. The fourth-order valence-corrected chi connectivity index (χ4v) is 3.91. The van der Waals surface area contributed by atoms with Crippen LogP contribution in [0.4, 0.5) is 10.1 Å². The standard InChI is InChI=1S/C14H17FN2OS/c1-18-12-5-4-10(8-11(12)15)16-13-17-14(9-19-13)6-2-3-7-14/h4-5,8H,2-3,6-7,9H2,1H3,(H,16,17). The lowest BCUT2D eigenvalue weighted by atomic mass is 10.0. The van der Waals surface area contributed by atoms with E-state index in [2.05, 4.69) is 5.32 Å². The molecule has 0 unspecified atom stereocenters. The highest BCUT2D eigenvalue weighted by atomic mass is 32.2. The number of hydrogen-bond donors (Lipinski definition) is 1. The summed E-state index contributed by atoms with van der Waals surface area (Å²) in [6.07, 6.45) is 4.91. The third-order valence-corrected chi connectivity index (χ3v) is 4.90. The van der Waals surface area contributed by atoms with Gasteiger partial charge in [0.25, 0.3) is 0 Å². The van der Waals surface area contributed by atoms with Gasteiger partial charge in [-0.05, 0) is 25.0 Å². The highest BCUT2D eigenvalue weighted by Gasteiger charge is 2.38. The number of hydrogen-bond acceptors (Lipinski definition) is 4. The molecule has 19 heavy (non-hydrogen) atoms. The van der Waals surface area contributed by atoms with Crippen LogP contribution < -0.4 is 10.1 Å². The first kappa shape index (κ1) is 12.8. The normalized spacial score (nSPS) is 20.6. The van der Waals surface area contributed by atoms with Gasteiger partial charge in [0.2, 0.25) is 0 Å². The van der Waals surface area contributed by atoms with Crippen molar-refractivity contribution in [3.8, 4) is 5.75 Å². The van der Waals surface area contributed by atoms with Gasteiger partial charge in [0.05, 0.1) is 12.6 Å². The predicted octanol–water partition coefficient (Wildman–Crippen LogP) is 3.66. The van der Waals surface area contributed by atoms with Gasteiger partial charge in [0, 0.05) is 17.5 Å². The molecule has 0 radical (unpaired) electrons. The molecule has 5 heteroatoms. The maximum atomic E-state index is 13.6. The molecule has 0 aromatic heterocycles. The van der Waals surface area contributed by atoms with Crippen LogP contribution in [0.25, 0.3) is 0 Å². The van der Waals surface area contributed by atoms with Crippen LogP contribution in [0.1, 0.15) is 25.7 Å². The van der Waals surface area contributed by atoms with Crippen molar-refractivity contribution in [2.24, 2.45) is 4.99 Å². The minimum Gasteiger partial charge on any atom is -0.494 e. The third kappa shape index (κ3) is 2.56. The van der Waals surface area contributed by atoms with Crippen molar-refractivity contribution in [2.75, 3.05) is 18.2 Å². The molecule has 1 aromatic carbocycles. The second-order valence-electron chi connectivity index (χ2n) is 5.11. The molecule has 1 aliphatic carbocycles. The first-order valence-corrected chi connectivity index (χ1v) is 7.53. The molecular formula is C14H17FN2OS. The Bertz CT molecular complexity index is 512. The number of anilines is 1. The fourth-order valence-electron chi connectivity index (χ4n) is 2.70. The lowest BCUT2D eigenvalue weighted by Gasteiger charge is -2.16. The Labute approximate surface area is 116 Å². The van der Waals surface area contributed by atoms with Crippen molar-refractivity contribution in [3.05, 3.63) is 24.0 Å². The smallest absolute Gasteiger partial charge is 0.167 e. The van der Waals surface area contributed by atoms with Crippen molar-refractivity contribution in [2.45, 2.75) is 31.2 Å². The van der Waals surface area contributed by atoms with E-state index < -0.39 is 0 Å². The Hall–Kier alpha value is -1.23. The molecule has 0 bridgehead atoms.